The Hall–Kier alpha value is -3.11. The fraction of sp³-hybridized carbons (Fsp3) is 0.174. The summed E-state index contributed by atoms with van der Waals surface area (Å²) in [5, 5.41) is 1.03. The van der Waals surface area contributed by atoms with Gasteiger partial charge in [0, 0.05) is 23.8 Å². The molecule has 0 spiro atoms. The van der Waals surface area contributed by atoms with Crippen LogP contribution in [0, 0.1) is 6.92 Å². The Morgan fingerprint density at radius 3 is 2.52 bits per heavy atom. The zero-order chi connectivity index (χ0) is 18.6. The summed E-state index contributed by atoms with van der Waals surface area (Å²) in [6, 6.07) is 20.4. The van der Waals surface area contributed by atoms with Crippen LogP contribution in [0.5, 0.6) is 0 Å². The van der Waals surface area contributed by atoms with Crippen molar-refractivity contribution in [2.75, 3.05) is 6.61 Å². The number of benzene rings is 2. The summed E-state index contributed by atoms with van der Waals surface area (Å²) >= 11 is 0. The molecule has 0 amide bonds. The molecular formula is C23H21N3O. The van der Waals surface area contributed by atoms with Crippen LogP contribution in [0.3, 0.4) is 0 Å². The maximum Gasteiger partial charge on any atom is 0.178 e. The number of aromatic nitrogens is 3. The zero-order valence-electron chi connectivity index (χ0n) is 15.5. The van der Waals surface area contributed by atoms with Crippen molar-refractivity contribution >= 4 is 10.9 Å². The predicted octanol–water partition coefficient (Wildman–Crippen LogP) is 5.20. The van der Waals surface area contributed by atoms with E-state index in [1.165, 1.54) is 0 Å². The van der Waals surface area contributed by atoms with Gasteiger partial charge in [-0.2, -0.15) is 0 Å². The maximum absolute atomic E-state index is 5.47. The van der Waals surface area contributed by atoms with E-state index in [0.29, 0.717) is 12.4 Å². The average molecular weight is 355 g/mol. The van der Waals surface area contributed by atoms with E-state index >= 15 is 0 Å². The molecule has 4 nitrogen and oxygen atoms in total. The maximum atomic E-state index is 5.47. The van der Waals surface area contributed by atoms with Gasteiger partial charge in [0.05, 0.1) is 17.8 Å². The molecule has 0 atom stereocenters. The minimum atomic E-state index is 0.633. The summed E-state index contributed by atoms with van der Waals surface area (Å²) in [6.07, 6.45) is 1.85. The van der Waals surface area contributed by atoms with Crippen molar-refractivity contribution in [2.24, 2.45) is 0 Å². The number of hydrogen-bond donors (Lipinski definition) is 0. The number of nitrogens with zero attached hydrogens (tertiary/aromatic N) is 3. The predicted molar refractivity (Wildman–Crippen MR) is 108 cm³/mol. The van der Waals surface area contributed by atoms with Crippen LogP contribution in [0.1, 0.15) is 18.1 Å². The molecule has 0 fully saturated rings. The van der Waals surface area contributed by atoms with Gasteiger partial charge >= 0.3 is 0 Å². The Morgan fingerprint density at radius 2 is 1.70 bits per heavy atom. The minimum Gasteiger partial charge on any atom is -0.377 e. The first-order valence-corrected chi connectivity index (χ1v) is 9.11. The van der Waals surface area contributed by atoms with Crippen molar-refractivity contribution in [1.82, 2.24) is 15.0 Å². The Kier molecular flexibility index (Phi) is 4.90. The number of ether oxygens (including phenoxy) is 1. The first-order chi connectivity index (χ1) is 13.2. The monoisotopic (exact) mass is 355 g/mol. The van der Waals surface area contributed by atoms with Gasteiger partial charge < -0.3 is 4.74 Å². The molecule has 0 aliphatic carbocycles. The van der Waals surface area contributed by atoms with Crippen LogP contribution in [0.2, 0.25) is 0 Å². The van der Waals surface area contributed by atoms with Crippen LogP contribution in [0.25, 0.3) is 33.7 Å². The van der Waals surface area contributed by atoms with Crippen molar-refractivity contribution in [1.29, 1.82) is 0 Å². The molecule has 27 heavy (non-hydrogen) atoms. The fourth-order valence-electron chi connectivity index (χ4n) is 3.02. The lowest BCUT2D eigenvalue weighted by Crippen LogP contribution is -1.96. The van der Waals surface area contributed by atoms with E-state index in [9.17, 15) is 0 Å². The van der Waals surface area contributed by atoms with Gasteiger partial charge in [-0.25, -0.2) is 15.0 Å². The minimum absolute atomic E-state index is 0.633. The van der Waals surface area contributed by atoms with E-state index in [0.717, 1.165) is 45.6 Å². The van der Waals surface area contributed by atoms with Gasteiger partial charge in [-0.3, -0.25) is 0 Å². The zero-order valence-corrected chi connectivity index (χ0v) is 15.5. The van der Waals surface area contributed by atoms with E-state index in [4.69, 9.17) is 9.72 Å². The highest BCUT2D eigenvalue weighted by molar-refractivity contribution is 5.79. The number of pyridine rings is 1. The van der Waals surface area contributed by atoms with Crippen LogP contribution in [-0.4, -0.2) is 21.6 Å². The third-order valence-corrected chi connectivity index (χ3v) is 4.52. The van der Waals surface area contributed by atoms with Gasteiger partial charge in [0.15, 0.2) is 5.82 Å². The molecular weight excluding hydrogens is 334 g/mol. The normalized spacial score (nSPS) is 11.0. The molecule has 4 heteroatoms. The van der Waals surface area contributed by atoms with Crippen LogP contribution in [-0.2, 0) is 11.3 Å². The summed E-state index contributed by atoms with van der Waals surface area (Å²) in [5.74, 6) is 0.642. The van der Waals surface area contributed by atoms with E-state index in [1.807, 2.05) is 43.5 Å². The molecule has 2 aromatic heterocycles. The second kappa shape index (κ2) is 7.64. The Labute approximate surface area is 158 Å². The van der Waals surface area contributed by atoms with Gasteiger partial charge in [0.25, 0.3) is 0 Å². The molecule has 0 N–H and O–H groups in total. The molecule has 0 radical (unpaired) electrons. The van der Waals surface area contributed by atoms with Crippen molar-refractivity contribution in [3.8, 4) is 22.8 Å². The van der Waals surface area contributed by atoms with E-state index < -0.39 is 0 Å². The van der Waals surface area contributed by atoms with Crippen molar-refractivity contribution in [3.63, 3.8) is 0 Å². The highest BCUT2D eigenvalue weighted by Crippen LogP contribution is 2.25. The van der Waals surface area contributed by atoms with Gasteiger partial charge in [-0.15, -0.1) is 0 Å². The lowest BCUT2D eigenvalue weighted by molar-refractivity contribution is 0.134. The molecule has 134 valence electrons. The smallest absolute Gasteiger partial charge is 0.178 e. The Morgan fingerprint density at radius 1 is 0.889 bits per heavy atom. The lowest BCUT2D eigenvalue weighted by atomic mass is 10.0. The molecule has 0 unspecified atom stereocenters. The van der Waals surface area contributed by atoms with E-state index in [2.05, 4.69) is 47.2 Å². The standard InChI is InChI=1S/C23H21N3O/c1-3-27-15-17-9-11-18(12-10-17)22-16(2)8-13-21(25-22)23-24-14-19-6-4-5-7-20(19)26-23/h4-14H,3,15H2,1-2H3. The first kappa shape index (κ1) is 17.3. The largest absolute Gasteiger partial charge is 0.377 e. The molecule has 0 aliphatic rings. The second-order valence-corrected chi connectivity index (χ2v) is 6.45. The molecule has 2 aromatic carbocycles. The third kappa shape index (κ3) is 3.71. The Balaban J connectivity index is 1.70. The van der Waals surface area contributed by atoms with Crippen molar-refractivity contribution in [3.05, 3.63) is 78.0 Å². The van der Waals surface area contributed by atoms with Crippen molar-refractivity contribution in [2.45, 2.75) is 20.5 Å². The first-order valence-electron chi connectivity index (χ1n) is 9.11. The molecule has 0 aliphatic heterocycles. The molecule has 4 aromatic rings. The molecule has 0 saturated carbocycles. The topological polar surface area (TPSA) is 47.9 Å². The average Bonchev–Trinajstić information content (AvgIpc) is 2.73. The fourth-order valence-corrected chi connectivity index (χ4v) is 3.02. The number of hydrogen-bond acceptors (Lipinski definition) is 4. The summed E-state index contributed by atoms with van der Waals surface area (Å²) in [5.41, 5.74) is 6.01. The van der Waals surface area contributed by atoms with Gasteiger partial charge in [-0.05, 0) is 37.1 Å². The quantitative estimate of drug-likeness (QED) is 0.493. The third-order valence-electron chi connectivity index (χ3n) is 4.52. The Bertz CT molecular complexity index is 1070. The summed E-state index contributed by atoms with van der Waals surface area (Å²) in [7, 11) is 0. The molecule has 0 bridgehead atoms. The number of para-hydroxylation sites is 1. The number of fused-ring (bicyclic) bond motifs is 1. The van der Waals surface area contributed by atoms with Crippen LogP contribution in [0.4, 0.5) is 0 Å². The van der Waals surface area contributed by atoms with Crippen LogP contribution >= 0.6 is 0 Å². The van der Waals surface area contributed by atoms with Gasteiger partial charge in [0.1, 0.15) is 5.69 Å². The van der Waals surface area contributed by atoms with Crippen molar-refractivity contribution < 1.29 is 4.74 Å². The molecule has 2 heterocycles. The van der Waals surface area contributed by atoms with Gasteiger partial charge in [0.2, 0.25) is 0 Å². The number of rotatable bonds is 5. The van der Waals surface area contributed by atoms with E-state index in [1.54, 1.807) is 0 Å². The SMILES string of the molecule is CCOCc1ccc(-c2nc(-c3ncc4ccccc4n3)ccc2C)cc1. The lowest BCUT2D eigenvalue weighted by Gasteiger charge is -2.09. The summed E-state index contributed by atoms with van der Waals surface area (Å²) in [4.78, 5) is 14.0. The second-order valence-electron chi connectivity index (χ2n) is 6.45. The van der Waals surface area contributed by atoms with Gasteiger partial charge in [-0.1, -0.05) is 48.5 Å². The highest BCUT2D eigenvalue weighted by atomic mass is 16.5. The van der Waals surface area contributed by atoms with Crippen LogP contribution < -0.4 is 0 Å². The van der Waals surface area contributed by atoms with E-state index in [-0.39, 0.29) is 0 Å². The number of aryl methyl sites for hydroxylation is 1. The van der Waals surface area contributed by atoms with Crippen LogP contribution in [0.15, 0.2) is 66.9 Å². The molecule has 4 rings (SSSR count). The highest BCUT2D eigenvalue weighted by Gasteiger charge is 2.10. The molecule has 0 saturated heterocycles. The summed E-state index contributed by atoms with van der Waals surface area (Å²) < 4.78 is 5.47. The summed E-state index contributed by atoms with van der Waals surface area (Å²) in [6.45, 7) is 5.42.